The maximum Gasteiger partial charge on any atom is 0.224 e. The predicted octanol–water partition coefficient (Wildman–Crippen LogP) is 2.05. The van der Waals surface area contributed by atoms with Gasteiger partial charge in [-0.05, 0) is 27.7 Å². The van der Waals surface area contributed by atoms with Crippen LogP contribution >= 0.6 is 0 Å². The van der Waals surface area contributed by atoms with Crippen molar-refractivity contribution in [3.63, 3.8) is 0 Å². The largest absolute Gasteiger partial charge is 0.374 e. The summed E-state index contributed by atoms with van der Waals surface area (Å²) < 4.78 is 5.62. The summed E-state index contributed by atoms with van der Waals surface area (Å²) in [6.07, 6.45) is 0. The fourth-order valence-corrected chi connectivity index (χ4v) is 1.52. The Hall–Kier alpha value is -1.36. The number of hydrogen-bond donors (Lipinski definition) is 2. The first-order chi connectivity index (χ1) is 7.96. The lowest BCUT2D eigenvalue weighted by Crippen LogP contribution is -2.33. The van der Waals surface area contributed by atoms with Gasteiger partial charge in [0, 0.05) is 32.0 Å². The molecule has 5 heteroatoms. The Balaban J connectivity index is 2.65. The van der Waals surface area contributed by atoms with Crippen molar-refractivity contribution in [3.8, 4) is 0 Å². The number of ether oxygens (including phenoxy) is 1. The van der Waals surface area contributed by atoms with Crippen molar-refractivity contribution in [2.45, 2.75) is 33.3 Å². The third-order valence-electron chi connectivity index (χ3n) is 2.31. The van der Waals surface area contributed by atoms with Gasteiger partial charge in [0.2, 0.25) is 5.95 Å². The van der Waals surface area contributed by atoms with Crippen molar-refractivity contribution < 1.29 is 4.74 Å². The second kappa shape index (κ2) is 5.82. The zero-order valence-corrected chi connectivity index (χ0v) is 11.3. The van der Waals surface area contributed by atoms with Gasteiger partial charge in [0.05, 0.1) is 5.60 Å². The Morgan fingerprint density at radius 2 is 2.06 bits per heavy atom. The topological polar surface area (TPSA) is 59.1 Å². The van der Waals surface area contributed by atoms with Crippen LogP contribution in [0.5, 0.6) is 0 Å². The Kier molecular flexibility index (Phi) is 4.69. The summed E-state index contributed by atoms with van der Waals surface area (Å²) in [4.78, 5) is 8.57. The number of rotatable bonds is 6. The minimum atomic E-state index is -0.201. The Morgan fingerprint density at radius 1 is 1.35 bits per heavy atom. The molecule has 0 aliphatic rings. The molecule has 1 heterocycles. The van der Waals surface area contributed by atoms with E-state index < -0.39 is 0 Å². The Morgan fingerprint density at radius 3 is 2.65 bits per heavy atom. The summed E-state index contributed by atoms with van der Waals surface area (Å²) in [5.41, 5.74) is 0.731. The second-order valence-corrected chi connectivity index (χ2v) is 4.51. The number of aryl methyl sites for hydroxylation is 1. The molecule has 0 unspecified atom stereocenters. The van der Waals surface area contributed by atoms with Crippen LogP contribution in [0.4, 0.5) is 11.8 Å². The lowest BCUT2D eigenvalue weighted by atomic mass is 10.1. The molecule has 0 aliphatic heterocycles. The van der Waals surface area contributed by atoms with Crippen molar-refractivity contribution >= 4 is 11.8 Å². The van der Waals surface area contributed by atoms with Gasteiger partial charge in [-0.25, -0.2) is 4.98 Å². The van der Waals surface area contributed by atoms with Crippen LogP contribution in [0.15, 0.2) is 6.07 Å². The first kappa shape index (κ1) is 13.7. The maximum atomic E-state index is 5.62. The molecule has 0 spiro atoms. The van der Waals surface area contributed by atoms with Crippen LogP contribution in [0.1, 0.15) is 26.5 Å². The molecule has 1 aromatic rings. The molecule has 1 rings (SSSR count). The van der Waals surface area contributed by atoms with Crippen LogP contribution in [-0.2, 0) is 4.74 Å². The monoisotopic (exact) mass is 238 g/mol. The number of nitrogens with one attached hydrogen (secondary N) is 2. The van der Waals surface area contributed by atoms with E-state index in [1.165, 1.54) is 0 Å². The van der Waals surface area contributed by atoms with Gasteiger partial charge in [-0.1, -0.05) is 0 Å². The molecule has 1 aromatic heterocycles. The molecule has 0 aromatic carbocycles. The molecule has 96 valence electrons. The van der Waals surface area contributed by atoms with E-state index in [4.69, 9.17) is 4.74 Å². The van der Waals surface area contributed by atoms with Crippen LogP contribution in [0.3, 0.4) is 0 Å². The fourth-order valence-electron chi connectivity index (χ4n) is 1.52. The van der Waals surface area contributed by atoms with E-state index in [-0.39, 0.29) is 5.60 Å². The van der Waals surface area contributed by atoms with E-state index in [1.807, 2.05) is 27.0 Å². The van der Waals surface area contributed by atoms with Crippen LogP contribution in [0.25, 0.3) is 0 Å². The lowest BCUT2D eigenvalue weighted by Gasteiger charge is -2.25. The average Bonchev–Trinajstić information content (AvgIpc) is 2.26. The smallest absolute Gasteiger partial charge is 0.224 e. The van der Waals surface area contributed by atoms with Gasteiger partial charge in [-0.3, -0.25) is 0 Å². The van der Waals surface area contributed by atoms with Crippen molar-refractivity contribution in [2.75, 3.05) is 30.8 Å². The molecule has 0 atom stereocenters. The minimum Gasteiger partial charge on any atom is -0.374 e. The highest BCUT2D eigenvalue weighted by atomic mass is 16.5. The van der Waals surface area contributed by atoms with Crippen LogP contribution < -0.4 is 10.6 Å². The zero-order chi connectivity index (χ0) is 12.9. The average molecular weight is 238 g/mol. The van der Waals surface area contributed by atoms with Crippen LogP contribution in [0, 0.1) is 6.92 Å². The van der Waals surface area contributed by atoms with E-state index in [2.05, 4.69) is 34.4 Å². The summed E-state index contributed by atoms with van der Waals surface area (Å²) in [7, 11) is 1.81. The standard InChI is InChI=1S/C12H22N4O/c1-6-17-12(3,4)8-14-10-7-9(2)15-11(13-5)16-10/h7H,6,8H2,1-5H3,(H2,13,14,15,16). The number of nitrogens with zero attached hydrogens (tertiary/aromatic N) is 2. The molecular weight excluding hydrogens is 216 g/mol. The summed E-state index contributed by atoms with van der Waals surface area (Å²) in [5, 5.41) is 6.21. The highest BCUT2D eigenvalue weighted by Gasteiger charge is 2.17. The molecule has 0 saturated heterocycles. The van der Waals surface area contributed by atoms with Crippen molar-refractivity contribution in [1.82, 2.24) is 9.97 Å². The summed E-state index contributed by atoms with van der Waals surface area (Å²) >= 11 is 0. The second-order valence-electron chi connectivity index (χ2n) is 4.51. The number of aromatic nitrogens is 2. The third-order valence-corrected chi connectivity index (χ3v) is 2.31. The molecule has 0 bridgehead atoms. The molecule has 0 fully saturated rings. The van der Waals surface area contributed by atoms with E-state index in [9.17, 15) is 0 Å². The predicted molar refractivity (Wildman–Crippen MR) is 70.5 cm³/mol. The van der Waals surface area contributed by atoms with Crippen LogP contribution in [0.2, 0.25) is 0 Å². The SMILES string of the molecule is CCOC(C)(C)CNc1cc(C)nc(NC)n1. The first-order valence-electron chi connectivity index (χ1n) is 5.88. The van der Waals surface area contributed by atoms with Gasteiger partial charge in [0.1, 0.15) is 5.82 Å². The molecule has 17 heavy (non-hydrogen) atoms. The van der Waals surface area contributed by atoms with Crippen molar-refractivity contribution in [2.24, 2.45) is 0 Å². The molecule has 0 saturated carbocycles. The van der Waals surface area contributed by atoms with Gasteiger partial charge in [0.25, 0.3) is 0 Å². The molecular formula is C12H22N4O. The highest BCUT2D eigenvalue weighted by Crippen LogP contribution is 2.13. The highest BCUT2D eigenvalue weighted by molar-refractivity contribution is 5.42. The first-order valence-corrected chi connectivity index (χ1v) is 5.88. The molecule has 0 aliphatic carbocycles. The third kappa shape index (κ3) is 4.56. The minimum absolute atomic E-state index is 0.201. The van der Waals surface area contributed by atoms with E-state index in [1.54, 1.807) is 0 Å². The van der Waals surface area contributed by atoms with Crippen molar-refractivity contribution in [3.05, 3.63) is 11.8 Å². The van der Waals surface area contributed by atoms with Crippen molar-refractivity contribution in [1.29, 1.82) is 0 Å². The Labute approximate surface area is 103 Å². The zero-order valence-electron chi connectivity index (χ0n) is 11.3. The van der Waals surface area contributed by atoms with Gasteiger partial charge in [0.15, 0.2) is 0 Å². The van der Waals surface area contributed by atoms with Crippen LogP contribution in [-0.4, -0.2) is 35.8 Å². The van der Waals surface area contributed by atoms with Gasteiger partial charge in [-0.2, -0.15) is 4.98 Å². The van der Waals surface area contributed by atoms with E-state index >= 15 is 0 Å². The van der Waals surface area contributed by atoms with E-state index in [0.29, 0.717) is 19.1 Å². The summed E-state index contributed by atoms with van der Waals surface area (Å²) in [6, 6.07) is 1.92. The maximum absolute atomic E-state index is 5.62. The molecule has 2 N–H and O–H groups in total. The van der Waals surface area contributed by atoms with Gasteiger partial charge in [-0.15, -0.1) is 0 Å². The van der Waals surface area contributed by atoms with Gasteiger partial charge < -0.3 is 15.4 Å². The number of hydrogen-bond acceptors (Lipinski definition) is 5. The lowest BCUT2D eigenvalue weighted by molar-refractivity contribution is 0.000640. The molecule has 0 radical (unpaired) electrons. The molecule has 5 nitrogen and oxygen atoms in total. The molecule has 0 amide bonds. The fraction of sp³-hybridized carbons (Fsp3) is 0.667. The summed E-state index contributed by atoms with van der Waals surface area (Å²) in [6.45, 7) is 9.46. The van der Waals surface area contributed by atoms with E-state index in [0.717, 1.165) is 11.5 Å². The Bertz CT molecular complexity index is 366. The summed E-state index contributed by atoms with van der Waals surface area (Å²) in [5.74, 6) is 1.44. The number of anilines is 2. The normalized spacial score (nSPS) is 11.4. The quantitative estimate of drug-likeness (QED) is 0.794. The van der Waals surface area contributed by atoms with Gasteiger partial charge >= 0.3 is 0 Å².